The van der Waals surface area contributed by atoms with Crippen LogP contribution in [0.3, 0.4) is 0 Å². The number of benzene rings is 2. The SMILES string of the molecule is COCCNC(=O)[C@@H](c1ccccc1)N(Cc1ccccc1)C(C)=O. The number of hydrogen-bond donors (Lipinski definition) is 1. The van der Waals surface area contributed by atoms with E-state index in [4.69, 9.17) is 4.74 Å². The van der Waals surface area contributed by atoms with E-state index >= 15 is 0 Å². The van der Waals surface area contributed by atoms with Crippen LogP contribution >= 0.6 is 0 Å². The molecule has 1 atom stereocenters. The minimum absolute atomic E-state index is 0.153. The summed E-state index contributed by atoms with van der Waals surface area (Å²) in [6.45, 7) is 2.68. The third-order valence-electron chi connectivity index (χ3n) is 3.88. The number of nitrogens with zero attached hydrogens (tertiary/aromatic N) is 1. The standard InChI is InChI=1S/C20H24N2O3/c1-16(23)22(15-17-9-5-3-6-10-17)19(18-11-7-4-8-12-18)20(24)21-13-14-25-2/h3-12,19H,13-15H2,1-2H3,(H,21,24)/t19-/m1/s1. The van der Waals surface area contributed by atoms with Gasteiger partial charge in [-0.25, -0.2) is 0 Å². The molecule has 0 aliphatic rings. The van der Waals surface area contributed by atoms with Gasteiger partial charge in [-0.1, -0.05) is 60.7 Å². The summed E-state index contributed by atoms with van der Waals surface area (Å²) in [5.41, 5.74) is 1.76. The van der Waals surface area contributed by atoms with Crippen LogP contribution in [0.1, 0.15) is 24.1 Å². The predicted molar refractivity (Wildman–Crippen MR) is 96.7 cm³/mol. The van der Waals surface area contributed by atoms with Crippen molar-refractivity contribution in [2.45, 2.75) is 19.5 Å². The van der Waals surface area contributed by atoms with Crippen LogP contribution in [0.15, 0.2) is 60.7 Å². The van der Waals surface area contributed by atoms with E-state index in [9.17, 15) is 9.59 Å². The van der Waals surface area contributed by atoms with Crippen LogP contribution in [0.2, 0.25) is 0 Å². The minimum atomic E-state index is -0.684. The van der Waals surface area contributed by atoms with Gasteiger partial charge in [0.25, 0.3) is 0 Å². The second kappa shape index (κ2) is 9.59. The smallest absolute Gasteiger partial charge is 0.247 e. The van der Waals surface area contributed by atoms with E-state index < -0.39 is 6.04 Å². The van der Waals surface area contributed by atoms with Gasteiger partial charge in [0.05, 0.1) is 6.61 Å². The summed E-state index contributed by atoms with van der Waals surface area (Å²) in [6.07, 6.45) is 0. The Balaban J connectivity index is 2.29. The lowest BCUT2D eigenvalue weighted by Gasteiger charge is -2.30. The first-order chi connectivity index (χ1) is 12.1. The Kier molecular flexibility index (Phi) is 7.16. The zero-order valence-electron chi connectivity index (χ0n) is 14.6. The molecule has 0 bridgehead atoms. The van der Waals surface area contributed by atoms with Crippen molar-refractivity contribution in [3.8, 4) is 0 Å². The molecule has 25 heavy (non-hydrogen) atoms. The Morgan fingerprint density at radius 2 is 1.64 bits per heavy atom. The van der Waals surface area contributed by atoms with E-state index in [1.807, 2.05) is 60.7 Å². The average molecular weight is 340 g/mol. The zero-order valence-corrected chi connectivity index (χ0v) is 14.6. The van der Waals surface area contributed by atoms with Crippen molar-refractivity contribution >= 4 is 11.8 Å². The summed E-state index contributed by atoms with van der Waals surface area (Å²) in [5, 5.41) is 2.85. The van der Waals surface area contributed by atoms with Gasteiger partial charge in [-0.2, -0.15) is 0 Å². The van der Waals surface area contributed by atoms with Crippen molar-refractivity contribution in [2.75, 3.05) is 20.3 Å². The first-order valence-electron chi connectivity index (χ1n) is 8.26. The Labute approximate surface area is 148 Å². The van der Waals surface area contributed by atoms with Gasteiger partial charge in [0, 0.05) is 27.1 Å². The Hall–Kier alpha value is -2.66. The van der Waals surface area contributed by atoms with Gasteiger partial charge in [-0.3, -0.25) is 9.59 Å². The first-order valence-corrected chi connectivity index (χ1v) is 8.26. The first kappa shape index (κ1) is 18.7. The Morgan fingerprint density at radius 1 is 1.04 bits per heavy atom. The van der Waals surface area contributed by atoms with E-state index in [1.54, 1.807) is 12.0 Å². The average Bonchev–Trinajstić information content (AvgIpc) is 2.63. The molecule has 0 aliphatic heterocycles. The third kappa shape index (κ3) is 5.43. The number of carbonyl (C=O) groups is 2. The van der Waals surface area contributed by atoms with Crippen LogP contribution < -0.4 is 5.32 Å². The van der Waals surface area contributed by atoms with Crippen LogP contribution in [0.4, 0.5) is 0 Å². The van der Waals surface area contributed by atoms with Gasteiger partial charge in [-0.05, 0) is 11.1 Å². The summed E-state index contributed by atoms with van der Waals surface area (Å²) in [5.74, 6) is -0.367. The fourth-order valence-electron chi connectivity index (χ4n) is 2.65. The number of carbonyl (C=O) groups excluding carboxylic acids is 2. The van der Waals surface area contributed by atoms with Gasteiger partial charge in [0.1, 0.15) is 6.04 Å². The van der Waals surface area contributed by atoms with E-state index in [2.05, 4.69) is 5.32 Å². The van der Waals surface area contributed by atoms with Crippen molar-refractivity contribution < 1.29 is 14.3 Å². The van der Waals surface area contributed by atoms with Crippen molar-refractivity contribution in [1.82, 2.24) is 10.2 Å². The monoisotopic (exact) mass is 340 g/mol. The molecule has 132 valence electrons. The van der Waals surface area contributed by atoms with Crippen LogP contribution in [0.25, 0.3) is 0 Å². The largest absolute Gasteiger partial charge is 0.383 e. The second-order valence-corrected chi connectivity index (χ2v) is 5.73. The molecule has 0 aliphatic carbocycles. The highest BCUT2D eigenvalue weighted by Gasteiger charge is 2.29. The molecule has 0 spiro atoms. The number of ether oxygens (including phenoxy) is 1. The molecular formula is C20H24N2O3. The fraction of sp³-hybridized carbons (Fsp3) is 0.300. The molecule has 0 radical (unpaired) electrons. The van der Waals surface area contributed by atoms with E-state index in [-0.39, 0.29) is 11.8 Å². The van der Waals surface area contributed by atoms with Gasteiger partial charge in [0.15, 0.2) is 0 Å². The number of methoxy groups -OCH3 is 1. The number of amides is 2. The molecule has 0 saturated heterocycles. The number of nitrogens with one attached hydrogen (secondary N) is 1. The third-order valence-corrected chi connectivity index (χ3v) is 3.88. The number of hydrogen-bond acceptors (Lipinski definition) is 3. The summed E-state index contributed by atoms with van der Waals surface area (Å²) < 4.78 is 4.99. The molecule has 2 amide bonds. The molecule has 5 nitrogen and oxygen atoms in total. The molecule has 5 heteroatoms. The lowest BCUT2D eigenvalue weighted by atomic mass is 10.0. The molecule has 2 aromatic carbocycles. The molecule has 0 unspecified atom stereocenters. The summed E-state index contributed by atoms with van der Waals surface area (Å²) in [4.78, 5) is 26.7. The summed E-state index contributed by atoms with van der Waals surface area (Å²) in [6, 6.07) is 18.3. The van der Waals surface area contributed by atoms with Crippen molar-refractivity contribution in [3.63, 3.8) is 0 Å². The molecule has 0 saturated carbocycles. The van der Waals surface area contributed by atoms with Gasteiger partial charge in [0.2, 0.25) is 11.8 Å². The molecule has 0 heterocycles. The highest BCUT2D eigenvalue weighted by Crippen LogP contribution is 2.23. The minimum Gasteiger partial charge on any atom is -0.383 e. The highest BCUT2D eigenvalue weighted by molar-refractivity contribution is 5.88. The summed E-state index contributed by atoms with van der Waals surface area (Å²) in [7, 11) is 1.58. The Morgan fingerprint density at radius 3 is 2.20 bits per heavy atom. The van der Waals surface area contributed by atoms with Crippen LogP contribution in [-0.2, 0) is 20.9 Å². The van der Waals surface area contributed by atoms with Crippen molar-refractivity contribution in [1.29, 1.82) is 0 Å². The van der Waals surface area contributed by atoms with Crippen LogP contribution in [0, 0.1) is 0 Å². The van der Waals surface area contributed by atoms with E-state index in [1.165, 1.54) is 6.92 Å². The quantitative estimate of drug-likeness (QED) is 0.751. The zero-order chi connectivity index (χ0) is 18.1. The van der Waals surface area contributed by atoms with Gasteiger partial charge in [-0.15, -0.1) is 0 Å². The normalized spacial score (nSPS) is 11.6. The van der Waals surface area contributed by atoms with Crippen molar-refractivity contribution in [2.24, 2.45) is 0 Å². The van der Waals surface area contributed by atoms with Crippen molar-refractivity contribution in [3.05, 3.63) is 71.8 Å². The maximum absolute atomic E-state index is 12.8. The van der Waals surface area contributed by atoms with Gasteiger partial charge >= 0.3 is 0 Å². The fourth-order valence-corrected chi connectivity index (χ4v) is 2.65. The molecule has 2 rings (SSSR count). The van der Waals surface area contributed by atoms with Crippen LogP contribution in [0.5, 0.6) is 0 Å². The van der Waals surface area contributed by atoms with Crippen LogP contribution in [-0.4, -0.2) is 37.0 Å². The molecule has 0 aromatic heterocycles. The molecule has 0 fully saturated rings. The highest BCUT2D eigenvalue weighted by atomic mass is 16.5. The molecule has 2 aromatic rings. The maximum atomic E-state index is 12.8. The lowest BCUT2D eigenvalue weighted by molar-refractivity contribution is -0.140. The number of rotatable bonds is 8. The van der Waals surface area contributed by atoms with Gasteiger partial charge < -0.3 is 15.0 Å². The second-order valence-electron chi connectivity index (χ2n) is 5.73. The topological polar surface area (TPSA) is 58.6 Å². The Bertz CT molecular complexity index is 674. The summed E-state index contributed by atoms with van der Waals surface area (Å²) >= 11 is 0. The molecular weight excluding hydrogens is 316 g/mol. The lowest BCUT2D eigenvalue weighted by Crippen LogP contribution is -2.43. The maximum Gasteiger partial charge on any atom is 0.247 e. The van der Waals surface area contributed by atoms with E-state index in [0.29, 0.717) is 19.7 Å². The molecule has 1 N–H and O–H groups in total. The predicted octanol–water partition coefficient (Wildman–Crippen LogP) is 2.54. The van der Waals surface area contributed by atoms with E-state index in [0.717, 1.165) is 11.1 Å².